The van der Waals surface area contributed by atoms with Crippen LogP contribution in [0.4, 0.5) is 4.39 Å². The first-order valence-corrected chi connectivity index (χ1v) is 11.8. The minimum absolute atomic E-state index is 0. The van der Waals surface area contributed by atoms with Crippen LogP contribution < -0.4 is 17.1 Å². The van der Waals surface area contributed by atoms with Crippen molar-refractivity contribution < 1.29 is 35.9 Å². The zero-order valence-corrected chi connectivity index (χ0v) is 22.9. The summed E-state index contributed by atoms with van der Waals surface area (Å²) in [6, 6.07) is 13.0. The Balaban J connectivity index is 0.00000578. The number of likely N-dealkylation sites (N-methyl/N-ethyl adjacent to an activating group) is 1. The van der Waals surface area contributed by atoms with E-state index in [-0.39, 0.29) is 35.7 Å². The third kappa shape index (κ3) is 9.91. The van der Waals surface area contributed by atoms with Gasteiger partial charge in [-0.1, -0.05) is 65.8 Å². The van der Waals surface area contributed by atoms with E-state index in [1.807, 2.05) is 14.1 Å². The average Bonchev–Trinajstić information content (AvgIpc) is 2.67. The summed E-state index contributed by atoms with van der Waals surface area (Å²) >= 11 is 0. The molecule has 0 saturated carbocycles. The lowest BCUT2D eigenvalue weighted by Gasteiger charge is -2.32. The van der Waals surface area contributed by atoms with Crippen molar-refractivity contribution in [1.29, 1.82) is 0 Å². The number of benzene rings is 2. The normalized spacial score (nSPS) is 13.4. The molecule has 0 radical (unpaired) electrons. The van der Waals surface area contributed by atoms with Crippen molar-refractivity contribution in [1.82, 2.24) is 0 Å². The first-order valence-electron chi connectivity index (χ1n) is 11.8. The molecule has 0 aromatic heterocycles. The van der Waals surface area contributed by atoms with Crippen LogP contribution in [0, 0.1) is 5.82 Å². The van der Waals surface area contributed by atoms with Crippen LogP contribution in [0.25, 0.3) is 0 Å². The highest BCUT2D eigenvalue weighted by Gasteiger charge is 2.24. The molecule has 34 heavy (non-hydrogen) atoms. The predicted octanol–water partition coefficient (Wildman–Crippen LogP) is 2.46. The van der Waals surface area contributed by atoms with E-state index in [1.54, 1.807) is 12.1 Å². The van der Waals surface area contributed by atoms with Crippen molar-refractivity contribution in [3.63, 3.8) is 0 Å². The van der Waals surface area contributed by atoms with Gasteiger partial charge in [-0.25, -0.2) is 4.39 Å². The topological polar surface area (TPSA) is 38.7 Å². The second-order valence-electron chi connectivity index (χ2n) is 11.7. The SMILES string of the molecule is CC(C)(C)c1ccc(OCCOCC(O)C[N+](C)(C)Cc2ccc(F)cc2)c(C(C)(C)C)c1.[Cl-]. The van der Waals surface area contributed by atoms with Crippen LogP contribution in [-0.2, 0) is 22.1 Å². The Morgan fingerprint density at radius 2 is 1.53 bits per heavy atom. The molecule has 1 N–H and O–H groups in total. The van der Waals surface area contributed by atoms with E-state index >= 15 is 0 Å². The lowest BCUT2D eigenvalue weighted by molar-refractivity contribution is -0.906. The van der Waals surface area contributed by atoms with E-state index in [0.717, 1.165) is 11.3 Å². The van der Waals surface area contributed by atoms with Crippen LogP contribution in [0.5, 0.6) is 5.75 Å². The zero-order valence-electron chi connectivity index (χ0n) is 22.1. The van der Waals surface area contributed by atoms with E-state index in [4.69, 9.17) is 9.47 Å². The molecule has 2 aromatic carbocycles. The number of rotatable bonds is 10. The Morgan fingerprint density at radius 1 is 0.912 bits per heavy atom. The number of hydrogen-bond donors (Lipinski definition) is 1. The largest absolute Gasteiger partial charge is 1.00 e. The predicted molar refractivity (Wildman–Crippen MR) is 133 cm³/mol. The van der Waals surface area contributed by atoms with Crippen molar-refractivity contribution in [3.05, 3.63) is 65.0 Å². The fraction of sp³-hybridized carbons (Fsp3) is 0.571. The molecule has 2 rings (SSSR count). The van der Waals surface area contributed by atoms with Gasteiger partial charge >= 0.3 is 0 Å². The molecule has 2 aromatic rings. The van der Waals surface area contributed by atoms with Crippen LogP contribution in [0.2, 0.25) is 0 Å². The van der Waals surface area contributed by atoms with Crippen LogP contribution in [0.15, 0.2) is 42.5 Å². The quantitative estimate of drug-likeness (QED) is 0.406. The smallest absolute Gasteiger partial charge is 0.126 e. The minimum Gasteiger partial charge on any atom is -1.00 e. The summed E-state index contributed by atoms with van der Waals surface area (Å²) in [5.41, 5.74) is 3.58. The molecule has 0 aliphatic rings. The van der Waals surface area contributed by atoms with Crippen molar-refractivity contribution in [2.75, 3.05) is 40.5 Å². The highest BCUT2D eigenvalue weighted by molar-refractivity contribution is 5.43. The van der Waals surface area contributed by atoms with Gasteiger partial charge in [0.05, 0.1) is 27.3 Å². The van der Waals surface area contributed by atoms with Crippen LogP contribution >= 0.6 is 0 Å². The molecule has 0 spiro atoms. The van der Waals surface area contributed by atoms with Gasteiger partial charge in [0.25, 0.3) is 0 Å². The Bertz CT molecular complexity index is 886. The second-order valence-corrected chi connectivity index (χ2v) is 11.7. The Morgan fingerprint density at radius 3 is 2.09 bits per heavy atom. The maximum atomic E-state index is 13.1. The van der Waals surface area contributed by atoms with Gasteiger partial charge in [-0.2, -0.15) is 0 Å². The van der Waals surface area contributed by atoms with Crippen LogP contribution in [-0.4, -0.2) is 56.2 Å². The summed E-state index contributed by atoms with van der Waals surface area (Å²) < 4.78 is 25.5. The summed E-state index contributed by atoms with van der Waals surface area (Å²) in [5.74, 6) is 0.649. The van der Waals surface area contributed by atoms with Gasteiger partial charge in [-0.3, -0.25) is 0 Å². The highest BCUT2D eigenvalue weighted by Crippen LogP contribution is 2.35. The molecular formula is C28H43ClFNO3. The molecule has 0 saturated heterocycles. The molecule has 0 aliphatic carbocycles. The number of aliphatic hydroxyl groups is 1. The fourth-order valence-electron chi connectivity index (χ4n) is 3.91. The van der Waals surface area contributed by atoms with Crippen LogP contribution in [0.3, 0.4) is 0 Å². The second kappa shape index (κ2) is 12.3. The minimum atomic E-state index is -0.586. The lowest BCUT2D eigenvalue weighted by atomic mass is 9.80. The van der Waals surface area contributed by atoms with E-state index in [2.05, 4.69) is 59.7 Å². The van der Waals surface area contributed by atoms with Crippen molar-refractivity contribution in [3.8, 4) is 5.75 Å². The monoisotopic (exact) mass is 495 g/mol. The van der Waals surface area contributed by atoms with E-state index in [9.17, 15) is 9.50 Å². The molecule has 0 amide bonds. The molecule has 0 aliphatic heterocycles. The summed E-state index contributed by atoms with van der Waals surface area (Å²) in [6.45, 7) is 15.6. The molecule has 4 nitrogen and oxygen atoms in total. The van der Waals surface area contributed by atoms with E-state index in [1.165, 1.54) is 23.3 Å². The standard InChI is InChI=1S/C28H43FNO3.ClH/c1-27(2,3)22-11-14-26(25(17-22)28(4,5)6)33-16-15-32-20-24(31)19-30(7,8)18-21-9-12-23(29)13-10-21;/h9-14,17,24,31H,15-16,18-20H2,1-8H3;1H/q+1;/p-1. The highest BCUT2D eigenvalue weighted by atomic mass is 35.5. The Kier molecular flexibility index (Phi) is 11.0. The van der Waals surface area contributed by atoms with Crippen molar-refractivity contribution in [2.24, 2.45) is 0 Å². The summed E-state index contributed by atoms with van der Waals surface area (Å²) in [5, 5.41) is 10.4. The van der Waals surface area contributed by atoms with Crippen LogP contribution in [0.1, 0.15) is 58.2 Å². The number of aliphatic hydroxyl groups excluding tert-OH is 1. The van der Waals surface area contributed by atoms with Gasteiger partial charge in [0.1, 0.15) is 37.4 Å². The third-order valence-electron chi connectivity index (χ3n) is 5.68. The Hall–Kier alpha value is -1.66. The summed E-state index contributed by atoms with van der Waals surface area (Å²) in [4.78, 5) is 0. The van der Waals surface area contributed by atoms with Gasteiger partial charge in [-0.15, -0.1) is 0 Å². The lowest BCUT2D eigenvalue weighted by Crippen LogP contribution is -3.00. The van der Waals surface area contributed by atoms with E-state index in [0.29, 0.717) is 30.8 Å². The van der Waals surface area contributed by atoms with Crippen molar-refractivity contribution >= 4 is 0 Å². The van der Waals surface area contributed by atoms with Crippen molar-refractivity contribution in [2.45, 2.75) is 65.0 Å². The molecule has 0 bridgehead atoms. The molecule has 1 unspecified atom stereocenters. The number of ether oxygens (including phenoxy) is 2. The number of halogens is 2. The summed E-state index contributed by atoms with van der Waals surface area (Å²) in [6.07, 6.45) is -0.586. The first kappa shape index (κ1) is 30.4. The van der Waals surface area contributed by atoms with E-state index < -0.39 is 6.10 Å². The maximum Gasteiger partial charge on any atom is 0.126 e. The number of quaternary nitrogens is 1. The maximum absolute atomic E-state index is 13.1. The van der Waals surface area contributed by atoms with Gasteiger partial charge in [0, 0.05) is 5.56 Å². The molecule has 0 heterocycles. The zero-order chi connectivity index (χ0) is 24.9. The van der Waals surface area contributed by atoms with Gasteiger partial charge in [0.15, 0.2) is 0 Å². The molecular weight excluding hydrogens is 453 g/mol. The third-order valence-corrected chi connectivity index (χ3v) is 5.68. The van der Waals surface area contributed by atoms with Gasteiger partial charge in [0.2, 0.25) is 0 Å². The molecule has 6 heteroatoms. The first-order chi connectivity index (χ1) is 15.2. The summed E-state index contributed by atoms with van der Waals surface area (Å²) in [7, 11) is 4.09. The number of hydrogen-bond acceptors (Lipinski definition) is 3. The molecule has 192 valence electrons. The average molecular weight is 496 g/mol. The Labute approximate surface area is 212 Å². The molecule has 0 fully saturated rings. The van der Waals surface area contributed by atoms with Gasteiger partial charge < -0.3 is 31.5 Å². The fourth-order valence-corrected chi connectivity index (χ4v) is 3.91. The molecule has 1 atom stereocenters. The van der Waals surface area contributed by atoms with Gasteiger partial charge in [-0.05, 0) is 40.2 Å². The number of nitrogens with zero attached hydrogens (tertiary/aromatic N) is 1.